The number of carbonyl (C=O) groups is 1. The Hall–Kier alpha value is -2.05. The topological polar surface area (TPSA) is 76.1 Å². The van der Waals surface area contributed by atoms with E-state index in [1.807, 2.05) is 0 Å². The van der Waals surface area contributed by atoms with Gasteiger partial charge in [0, 0.05) is 31.5 Å². The van der Waals surface area contributed by atoms with Gasteiger partial charge in [0.25, 0.3) is 0 Å². The molecule has 23 heavy (non-hydrogen) atoms. The van der Waals surface area contributed by atoms with E-state index in [0.29, 0.717) is 34.8 Å². The highest BCUT2D eigenvalue weighted by Gasteiger charge is 2.03. The predicted octanol–water partition coefficient (Wildman–Crippen LogP) is 2.78. The van der Waals surface area contributed by atoms with Gasteiger partial charge in [-0.05, 0) is 18.2 Å². The molecule has 8 heteroatoms. The van der Waals surface area contributed by atoms with Gasteiger partial charge in [-0.25, -0.2) is 9.97 Å². The Balaban J connectivity index is 1.59. The normalized spacial score (nSPS) is 10.2. The molecule has 1 amide bonds. The lowest BCUT2D eigenvalue weighted by Crippen LogP contribution is -2.30. The number of hydrogen-bond donors (Lipinski definition) is 2. The quantitative estimate of drug-likeness (QED) is 0.712. The Labute approximate surface area is 144 Å². The van der Waals surface area contributed by atoms with Crippen molar-refractivity contribution in [1.29, 1.82) is 0 Å². The average molecular weight is 355 g/mol. The largest absolute Gasteiger partial charge is 0.493 e. The highest BCUT2D eigenvalue weighted by atomic mass is 35.5. The van der Waals surface area contributed by atoms with E-state index in [1.54, 1.807) is 36.7 Å². The number of hydrogen-bond acceptors (Lipinski definition) is 5. The predicted molar refractivity (Wildman–Crippen MR) is 90.1 cm³/mol. The van der Waals surface area contributed by atoms with Crippen LogP contribution in [0.5, 0.6) is 5.75 Å². The maximum Gasteiger partial charge on any atom is 0.223 e. The van der Waals surface area contributed by atoms with Crippen molar-refractivity contribution in [2.75, 3.05) is 25.0 Å². The zero-order chi connectivity index (χ0) is 16.5. The Bertz CT molecular complexity index is 641. The first-order valence-corrected chi connectivity index (χ1v) is 7.76. The highest BCUT2D eigenvalue weighted by molar-refractivity contribution is 6.42. The average Bonchev–Trinajstić information content (AvgIpc) is 2.56. The number of benzene rings is 1. The number of ether oxygens (including phenoxy) is 1. The molecule has 1 aromatic heterocycles. The molecule has 2 aromatic rings. The third-order valence-corrected chi connectivity index (χ3v) is 3.52. The third kappa shape index (κ3) is 6.30. The van der Waals surface area contributed by atoms with Crippen LogP contribution in [-0.2, 0) is 4.79 Å². The van der Waals surface area contributed by atoms with E-state index >= 15 is 0 Å². The number of rotatable bonds is 8. The van der Waals surface area contributed by atoms with Crippen LogP contribution < -0.4 is 15.4 Å². The third-order valence-electron chi connectivity index (χ3n) is 2.78. The fourth-order valence-electron chi connectivity index (χ4n) is 1.68. The second kappa shape index (κ2) is 9.17. The van der Waals surface area contributed by atoms with Gasteiger partial charge in [0.05, 0.1) is 23.1 Å². The summed E-state index contributed by atoms with van der Waals surface area (Å²) in [5.74, 6) is 1.01. The molecular formula is C15H16Cl2N4O2. The summed E-state index contributed by atoms with van der Waals surface area (Å²) in [6.07, 6.45) is 3.55. The maximum absolute atomic E-state index is 11.7. The lowest BCUT2D eigenvalue weighted by molar-refractivity contribution is -0.121. The van der Waals surface area contributed by atoms with Crippen LogP contribution in [0.3, 0.4) is 0 Å². The van der Waals surface area contributed by atoms with Crippen LogP contribution in [0.15, 0.2) is 36.7 Å². The molecule has 0 atom stereocenters. The molecule has 6 nitrogen and oxygen atoms in total. The van der Waals surface area contributed by atoms with Crippen LogP contribution >= 0.6 is 23.2 Å². The first-order valence-electron chi connectivity index (χ1n) is 7.00. The van der Waals surface area contributed by atoms with Crippen molar-refractivity contribution in [3.8, 4) is 5.75 Å². The van der Waals surface area contributed by atoms with E-state index in [-0.39, 0.29) is 18.9 Å². The molecule has 0 aliphatic carbocycles. The van der Waals surface area contributed by atoms with Crippen LogP contribution in [0.2, 0.25) is 10.0 Å². The van der Waals surface area contributed by atoms with Crippen molar-refractivity contribution in [2.24, 2.45) is 0 Å². The van der Waals surface area contributed by atoms with E-state index in [2.05, 4.69) is 20.6 Å². The van der Waals surface area contributed by atoms with Crippen molar-refractivity contribution in [3.63, 3.8) is 0 Å². The standard InChI is InChI=1S/C15H16Cl2N4O2/c16-12-3-2-11(10-13(12)17)23-9-4-14(22)18-7-8-21-15-19-5-1-6-20-15/h1-3,5-6,10H,4,7-9H2,(H,18,22)(H,19,20,21). The smallest absolute Gasteiger partial charge is 0.223 e. The number of aromatic nitrogens is 2. The minimum atomic E-state index is -0.0964. The molecule has 0 unspecified atom stereocenters. The molecular weight excluding hydrogens is 339 g/mol. The van der Waals surface area contributed by atoms with Crippen molar-refractivity contribution >= 4 is 35.1 Å². The molecule has 2 N–H and O–H groups in total. The molecule has 0 radical (unpaired) electrons. The molecule has 1 heterocycles. The van der Waals surface area contributed by atoms with Gasteiger partial charge in [-0.15, -0.1) is 0 Å². The molecule has 0 spiro atoms. The molecule has 1 aromatic carbocycles. The van der Waals surface area contributed by atoms with E-state index in [9.17, 15) is 4.79 Å². The lowest BCUT2D eigenvalue weighted by Gasteiger charge is -2.08. The van der Waals surface area contributed by atoms with E-state index in [1.165, 1.54) is 0 Å². The molecule has 122 valence electrons. The summed E-state index contributed by atoms with van der Waals surface area (Å²) >= 11 is 11.7. The van der Waals surface area contributed by atoms with Crippen LogP contribution in [0, 0.1) is 0 Å². The molecule has 0 bridgehead atoms. The molecule has 0 aliphatic heterocycles. The van der Waals surface area contributed by atoms with Crippen LogP contribution in [0.1, 0.15) is 6.42 Å². The van der Waals surface area contributed by atoms with Gasteiger partial charge < -0.3 is 15.4 Å². The van der Waals surface area contributed by atoms with Gasteiger partial charge in [0.15, 0.2) is 0 Å². The number of carbonyl (C=O) groups excluding carboxylic acids is 1. The minimum Gasteiger partial charge on any atom is -0.493 e. The Morgan fingerprint density at radius 2 is 1.91 bits per heavy atom. The maximum atomic E-state index is 11.7. The van der Waals surface area contributed by atoms with Crippen molar-refractivity contribution in [1.82, 2.24) is 15.3 Å². The first kappa shape index (κ1) is 17.3. The number of nitrogens with one attached hydrogen (secondary N) is 2. The Morgan fingerprint density at radius 3 is 2.65 bits per heavy atom. The number of anilines is 1. The molecule has 0 aliphatic rings. The second-order valence-electron chi connectivity index (χ2n) is 4.52. The van der Waals surface area contributed by atoms with Crippen molar-refractivity contribution < 1.29 is 9.53 Å². The first-order chi connectivity index (χ1) is 11.1. The summed E-state index contributed by atoms with van der Waals surface area (Å²) in [5.41, 5.74) is 0. The highest BCUT2D eigenvalue weighted by Crippen LogP contribution is 2.26. The SMILES string of the molecule is O=C(CCOc1ccc(Cl)c(Cl)c1)NCCNc1ncccn1. The van der Waals surface area contributed by atoms with Crippen molar-refractivity contribution in [2.45, 2.75) is 6.42 Å². The summed E-state index contributed by atoms with van der Waals surface area (Å²) in [6, 6.07) is 6.71. The minimum absolute atomic E-state index is 0.0964. The van der Waals surface area contributed by atoms with E-state index in [4.69, 9.17) is 27.9 Å². The van der Waals surface area contributed by atoms with Gasteiger partial charge in [-0.2, -0.15) is 0 Å². The number of nitrogens with zero attached hydrogens (tertiary/aromatic N) is 2. The molecule has 0 fully saturated rings. The van der Waals surface area contributed by atoms with Gasteiger partial charge in [0.2, 0.25) is 11.9 Å². The van der Waals surface area contributed by atoms with Crippen molar-refractivity contribution in [3.05, 3.63) is 46.7 Å². The fourth-order valence-corrected chi connectivity index (χ4v) is 1.97. The monoisotopic (exact) mass is 354 g/mol. The Kier molecular flexibility index (Phi) is 6.90. The summed E-state index contributed by atoms with van der Waals surface area (Å²) in [7, 11) is 0. The van der Waals surface area contributed by atoms with Gasteiger partial charge >= 0.3 is 0 Å². The lowest BCUT2D eigenvalue weighted by atomic mass is 10.3. The number of halogens is 2. The summed E-state index contributed by atoms with van der Waals surface area (Å²) in [4.78, 5) is 19.7. The summed E-state index contributed by atoms with van der Waals surface area (Å²) < 4.78 is 5.45. The molecule has 0 saturated heterocycles. The summed E-state index contributed by atoms with van der Waals surface area (Å²) in [6.45, 7) is 1.28. The van der Waals surface area contributed by atoms with Crippen LogP contribution in [0.25, 0.3) is 0 Å². The van der Waals surface area contributed by atoms with E-state index < -0.39 is 0 Å². The second-order valence-corrected chi connectivity index (χ2v) is 5.34. The summed E-state index contributed by atoms with van der Waals surface area (Å²) in [5, 5.41) is 6.66. The van der Waals surface area contributed by atoms with Crippen LogP contribution in [-0.4, -0.2) is 35.6 Å². The Morgan fingerprint density at radius 1 is 1.13 bits per heavy atom. The molecule has 2 rings (SSSR count). The van der Waals surface area contributed by atoms with Gasteiger partial charge in [-0.3, -0.25) is 4.79 Å². The van der Waals surface area contributed by atoms with E-state index in [0.717, 1.165) is 0 Å². The fraction of sp³-hybridized carbons (Fsp3) is 0.267. The zero-order valence-electron chi connectivity index (χ0n) is 12.3. The molecule has 0 saturated carbocycles. The zero-order valence-corrected chi connectivity index (χ0v) is 13.8. The van der Waals surface area contributed by atoms with Crippen LogP contribution in [0.4, 0.5) is 5.95 Å². The number of amides is 1. The van der Waals surface area contributed by atoms with Gasteiger partial charge in [-0.1, -0.05) is 23.2 Å². The van der Waals surface area contributed by atoms with Gasteiger partial charge in [0.1, 0.15) is 5.75 Å².